The molecule has 35 heavy (non-hydrogen) atoms. The number of aromatic nitrogens is 5. The van der Waals surface area contributed by atoms with E-state index in [-0.39, 0.29) is 17.5 Å². The molecule has 0 aliphatic rings. The summed E-state index contributed by atoms with van der Waals surface area (Å²) in [6, 6.07) is 11.0. The summed E-state index contributed by atoms with van der Waals surface area (Å²) in [7, 11) is 1.66. The first kappa shape index (κ1) is 24.4. The van der Waals surface area contributed by atoms with Crippen LogP contribution < -0.4 is 10.1 Å². The van der Waals surface area contributed by atoms with E-state index in [2.05, 4.69) is 30.3 Å². The molecule has 0 atom stereocenters. The van der Waals surface area contributed by atoms with Gasteiger partial charge in [0, 0.05) is 37.7 Å². The van der Waals surface area contributed by atoms with Crippen molar-refractivity contribution in [1.82, 2.24) is 30.2 Å². The number of halogens is 3. The lowest BCUT2D eigenvalue weighted by Gasteiger charge is -2.08. The molecule has 0 saturated heterocycles. The van der Waals surface area contributed by atoms with Crippen molar-refractivity contribution >= 4 is 0 Å². The maximum absolute atomic E-state index is 12.3. The number of rotatable bonds is 10. The third-order valence-corrected chi connectivity index (χ3v) is 4.98. The summed E-state index contributed by atoms with van der Waals surface area (Å²) >= 11 is 0. The molecule has 184 valence electrons. The predicted octanol–water partition coefficient (Wildman–Crippen LogP) is 3.99. The molecule has 0 amide bonds. The first-order valence-corrected chi connectivity index (χ1v) is 10.7. The molecule has 1 aromatic carbocycles. The molecule has 0 unspecified atom stereocenters. The van der Waals surface area contributed by atoms with Crippen LogP contribution in [0.5, 0.6) is 5.75 Å². The van der Waals surface area contributed by atoms with E-state index in [9.17, 15) is 13.2 Å². The van der Waals surface area contributed by atoms with Crippen molar-refractivity contribution in [2.24, 2.45) is 0 Å². The Morgan fingerprint density at radius 2 is 1.91 bits per heavy atom. The van der Waals surface area contributed by atoms with E-state index in [1.54, 1.807) is 11.8 Å². The molecule has 0 aliphatic heterocycles. The molecule has 3 aromatic heterocycles. The number of hydrogen-bond acceptors (Lipinski definition) is 8. The molecule has 3 heterocycles. The molecular formula is C23H23F3N6O3. The van der Waals surface area contributed by atoms with Crippen molar-refractivity contribution < 1.29 is 27.2 Å². The average molecular weight is 488 g/mol. The van der Waals surface area contributed by atoms with Gasteiger partial charge in [-0.1, -0.05) is 11.2 Å². The fourth-order valence-electron chi connectivity index (χ4n) is 3.24. The zero-order valence-electron chi connectivity index (χ0n) is 19.0. The van der Waals surface area contributed by atoms with Crippen LogP contribution in [0.3, 0.4) is 0 Å². The molecule has 4 aromatic rings. The van der Waals surface area contributed by atoms with Crippen LogP contribution in [-0.2, 0) is 17.8 Å². The minimum absolute atomic E-state index is 0.202. The molecule has 0 fully saturated rings. The van der Waals surface area contributed by atoms with E-state index in [1.165, 1.54) is 24.3 Å². The van der Waals surface area contributed by atoms with Crippen molar-refractivity contribution in [2.45, 2.75) is 26.4 Å². The number of hydrogen-bond donors (Lipinski definition) is 1. The topological polar surface area (TPSA) is 100 Å². The Morgan fingerprint density at radius 3 is 2.60 bits per heavy atom. The maximum Gasteiger partial charge on any atom is 0.573 e. The Balaban J connectivity index is 1.41. The molecule has 0 radical (unpaired) electrons. The third-order valence-electron chi connectivity index (χ3n) is 4.98. The lowest BCUT2D eigenvalue weighted by Crippen LogP contribution is -2.19. The van der Waals surface area contributed by atoms with Gasteiger partial charge in [-0.3, -0.25) is 9.67 Å². The highest BCUT2D eigenvalue weighted by molar-refractivity contribution is 5.58. The SMILES string of the molecule is COCCNCc1ccc(Cn2nc(-c3nc(-c4ccc(OC(F)(F)F)cc4)no3)cc2C)cn1. The van der Waals surface area contributed by atoms with E-state index >= 15 is 0 Å². The van der Waals surface area contributed by atoms with Crippen molar-refractivity contribution in [3.63, 3.8) is 0 Å². The number of nitrogens with zero attached hydrogens (tertiary/aromatic N) is 5. The monoisotopic (exact) mass is 488 g/mol. The van der Waals surface area contributed by atoms with Gasteiger partial charge in [-0.15, -0.1) is 13.2 Å². The number of aryl methyl sites for hydroxylation is 1. The minimum Gasteiger partial charge on any atom is -0.406 e. The van der Waals surface area contributed by atoms with Crippen LogP contribution in [0.2, 0.25) is 0 Å². The summed E-state index contributed by atoms with van der Waals surface area (Å²) in [5, 5.41) is 11.7. The molecule has 9 nitrogen and oxygen atoms in total. The second-order valence-corrected chi connectivity index (χ2v) is 7.65. The second-order valence-electron chi connectivity index (χ2n) is 7.65. The highest BCUT2D eigenvalue weighted by Crippen LogP contribution is 2.27. The number of ether oxygens (including phenoxy) is 2. The van der Waals surface area contributed by atoms with E-state index in [1.807, 2.05) is 31.3 Å². The van der Waals surface area contributed by atoms with Gasteiger partial charge in [0.05, 0.1) is 18.8 Å². The summed E-state index contributed by atoms with van der Waals surface area (Å²) in [5.74, 6) is 0.0990. The fraction of sp³-hybridized carbons (Fsp3) is 0.304. The average Bonchev–Trinajstić information content (AvgIpc) is 3.45. The molecule has 0 aliphatic carbocycles. The number of methoxy groups -OCH3 is 1. The van der Waals surface area contributed by atoms with Gasteiger partial charge in [0.2, 0.25) is 5.82 Å². The normalized spacial score (nSPS) is 11.7. The van der Waals surface area contributed by atoms with Crippen molar-refractivity contribution in [3.8, 4) is 28.7 Å². The Hall–Kier alpha value is -3.77. The lowest BCUT2D eigenvalue weighted by molar-refractivity contribution is -0.274. The largest absolute Gasteiger partial charge is 0.573 e. The van der Waals surface area contributed by atoms with Gasteiger partial charge >= 0.3 is 6.36 Å². The van der Waals surface area contributed by atoms with Crippen molar-refractivity contribution in [2.75, 3.05) is 20.3 Å². The Labute approximate surface area is 198 Å². The Bertz CT molecular complexity index is 1240. The molecule has 4 rings (SSSR count). The molecular weight excluding hydrogens is 465 g/mol. The van der Waals surface area contributed by atoms with E-state index in [0.29, 0.717) is 31.0 Å². The highest BCUT2D eigenvalue weighted by Gasteiger charge is 2.31. The molecule has 0 bridgehead atoms. The van der Waals surface area contributed by atoms with Gasteiger partial charge in [0.15, 0.2) is 5.69 Å². The number of alkyl halides is 3. The van der Waals surface area contributed by atoms with Gasteiger partial charge < -0.3 is 19.3 Å². The summed E-state index contributed by atoms with van der Waals surface area (Å²) in [6.07, 6.45) is -2.94. The van der Waals surface area contributed by atoms with Crippen LogP contribution >= 0.6 is 0 Å². The molecule has 0 spiro atoms. The fourth-order valence-corrected chi connectivity index (χ4v) is 3.24. The quantitative estimate of drug-likeness (QED) is 0.335. The number of nitrogens with one attached hydrogen (secondary N) is 1. The standard InChI is InChI=1S/C23H23F3N6O3/c1-15-11-20(30-32(15)14-16-3-6-18(28-12-16)13-27-9-10-33-2)22-29-21(31-35-22)17-4-7-19(8-5-17)34-23(24,25)26/h3-8,11-12,27H,9-10,13-14H2,1-2H3. The summed E-state index contributed by atoms with van der Waals surface area (Å²) in [6.45, 7) is 4.48. The van der Waals surface area contributed by atoms with Crippen LogP contribution in [0, 0.1) is 6.92 Å². The molecule has 12 heteroatoms. The minimum atomic E-state index is -4.75. The van der Waals surface area contributed by atoms with Gasteiger partial charge in [-0.2, -0.15) is 10.1 Å². The van der Waals surface area contributed by atoms with Crippen LogP contribution in [0.25, 0.3) is 23.0 Å². The third kappa shape index (κ3) is 6.64. The van der Waals surface area contributed by atoms with Crippen molar-refractivity contribution in [3.05, 3.63) is 65.6 Å². The zero-order valence-corrected chi connectivity index (χ0v) is 19.0. The van der Waals surface area contributed by atoms with Crippen LogP contribution in [0.4, 0.5) is 13.2 Å². The van der Waals surface area contributed by atoms with Crippen LogP contribution in [0.15, 0.2) is 53.2 Å². The van der Waals surface area contributed by atoms with E-state index in [4.69, 9.17) is 9.26 Å². The second kappa shape index (κ2) is 10.7. The number of pyridine rings is 1. The van der Waals surface area contributed by atoms with Crippen molar-refractivity contribution in [1.29, 1.82) is 0 Å². The lowest BCUT2D eigenvalue weighted by atomic mass is 10.2. The highest BCUT2D eigenvalue weighted by atomic mass is 19.4. The van der Waals surface area contributed by atoms with Gasteiger partial charge in [-0.25, -0.2) is 0 Å². The number of benzene rings is 1. The smallest absolute Gasteiger partial charge is 0.406 e. The predicted molar refractivity (Wildman–Crippen MR) is 119 cm³/mol. The summed E-state index contributed by atoms with van der Waals surface area (Å²) in [4.78, 5) is 8.80. The summed E-state index contributed by atoms with van der Waals surface area (Å²) < 4.78 is 53.0. The Morgan fingerprint density at radius 1 is 1.11 bits per heavy atom. The summed E-state index contributed by atoms with van der Waals surface area (Å²) in [5.41, 5.74) is 3.77. The van der Waals surface area contributed by atoms with E-state index < -0.39 is 6.36 Å². The van der Waals surface area contributed by atoms with Gasteiger partial charge in [0.1, 0.15) is 5.75 Å². The molecule has 1 N–H and O–H groups in total. The zero-order chi connectivity index (χ0) is 24.8. The first-order valence-electron chi connectivity index (χ1n) is 10.7. The van der Waals surface area contributed by atoms with Gasteiger partial charge in [-0.05, 0) is 48.9 Å². The van der Waals surface area contributed by atoms with Crippen LogP contribution in [0.1, 0.15) is 17.0 Å². The van der Waals surface area contributed by atoms with Gasteiger partial charge in [0.25, 0.3) is 5.89 Å². The van der Waals surface area contributed by atoms with E-state index in [0.717, 1.165) is 23.5 Å². The Kier molecular flexibility index (Phi) is 7.42. The first-order chi connectivity index (χ1) is 16.8. The molecule has 0 saturated carbocycles. The maximum atomic E-state index is 12.3. The van der Waals surface area contributed by atoms with Crippen LogP contribution in [-0.4, -0.2) is 51.5 Å².